The van der Waals surface area contributed by atoms with Gasteiger partial charge in [-0.1, -0.05) is 214 Å². The normalized spacial score (nSPS) is 13.2. The summed E-state index contributed by atoms with van der Waals surface area (Å²) in [7, 11) is -10.3. The molecule has 0 radical (unpaired) electrons. The van der Waals surface area contributed by atoms with Gasteiger partial charge in [0.05, 0.1) is 0 Å². The molecule has 0 aliphatic heterocycles. The summed E-state index contributed by atoms with van der Waals surface area (Å²) in [5.41, 5.74) is 6.96. The SMILES string of the molecule is CC(C)(C)[Si](/C(C#C[Si](C)(C)C)=C(\F)C#CC#C/C(F)=C(\C#C[Si](C)(C)C)[Si](c1ccccc1)(c1ccccc1)C(C)(C)C)(c1ccccc1)c1ccccc1. The first-order valence-electron chi connectivity index (χ1n) is 19.3. The van der Waals surface area contributed by atoms with Gasteiger partial charge in [0.15, 0.2) is 27.8 Å². The lowest BCUT2D eigenvalue weighted by Gasteiger charge is -2.44. The molecule has 0 bridgehead atoms. The summed E-state index contributed by atoms with van der Waals surface area (Å²) in [6.45, 7) is 25.9. The maximum absolute atomic E-state index is 17.2. The molecule has 0 amide bonds. The Bertz CT molecular complexity index is 2060. The van der Waals surface area contributed by atoms with Gasteiger partial charge in [-0.25, -0.2) is 0 Å². The van der Waals surface area contributed by atoms with Crippen LogP contribution in [-0.4, -0.2) is 32.3 Å². The number of rotatable bonds is 6. The Balaban J connectivity index is 2.11. The molecule has 4 aromatic rings. The van der Waals surface area contributed by atoms with E-state index in [1.807, 2.05) is 72.8 Å². The van der Waals surface area contributed by atoms with Crippen LogP contribution in [0, 0.1) is 46.6 Å². The average molecular weight is 807 g/mol. The van der Waals surface area contributed by atoms with E-state index in [1.54, 1.807) is 0 Å². The van der Waals surface area contributed by atoms with Crippen LogP contribution in [0.1, 0.15) is 41.5 Å². The molecule has 0 aliphatic carbocycles. The van der Waals surface area contributed by atoms with E-state index in [9.17, 15) is 0 Å². The lowest BCUT2D eigenvalue weighted by molar-refractivity contribution is 0.667. The van der Waals surface area contributed by atoms with Crippen molar-refractivity contribution in [2.24, 2.45) is 0 Å². The molecule has 0 N–H and O–H groups in total. The van der Waals surface area contributed by atoms with E-state index in [-0.39, 0.29) is 0 Å². The molecule has 0 unspecified atom stereocenters. The quantitative estimate of drug-likeness (QED) is 0.135. The highest BCUT2D eigenvalue weighted by molar-refractivity contribution is 7.10. The van der Waals surface area contributed by atoms with E-state index >= 15 is 8.78 Å². The molecule has 0 spiro atoms. The predicted octanol–water partition coefficient (Wildman–Crippen LogP) is 10.4. The second-order valence-corrected chi connectivity index (χ2v) is 37.2. The van der Waals surface area contributed by atoms with Crippen molar-refractivity contribution in [3.8, 4) is 46.6 Å². The molecular formula is C50H56F2Si4. The van der Waals surface area contributed by atoms with Crippen LogP contribution >= 0.6 is 0 Å². The number of allylic oxidation sites excluding steroid dienone is 4. The molecule has 0 fully saturated rings. The van der Waals surface area contributed by atoms with Crippen LogP contribution in [-0.2, 0) is 0 Å². The topological polar surface area (TPSA) is 0 Å². The van der Waals surface area contributed by atoms with Crippen molar-refractivity contribution >= 4 is 53.0 Å². The molecule has 0 saturated carbocycles. The van der Waals surface area contributed by atoms with Gasteiger partial charge in [-0.3, -0.25) is 0 Å². The Morgan fingerprint density at radius 2 is 0.625 bits per heavy atom. The van der Waals surface area contributed by atoms with Gasteiger partial charge < -0.3 is 0 Å². The highest BCUT2D eigenvalue weighted by Crippen LogP contribution is 2.43. The zero-order chi connectivity index (χ0) is 41.4. The molecule has 0 aromatic heterocycles. The summed E-state index contributed by atoms with van der Waals surface area (Å²) in [6, 6.07) is 40.7. The van der Waals surface area contributed by atoms with E-state index in [4.69, 9.17) is 0 Å². The minimum atomic E-state index is -3.18. The first-order valence-corrected chi connectivity index (χ1v) is 30.3. The average Bonchev–Trinajstić information content (AvgIpc) is 3.13. The summed E-state index contributed by atoms with van der Waals surface area (Å²) in [6.07, 6.45) is 0. The molecule has 0 nitrogen and oxygen atoms in total. The highest BCUT2D eigenvalue weighted by Gasteiger charge is 2.53. The molecule has 0 aliphatic rings. The summed E-state index contributed by atoms with van der Waals surface area (Å²) in [5.74, 6) is 16.6. The van der Waals surface area contributed by atoms with Crippen LogP contribution in [0.5, 0.6) is 0 Å². The lowest BCUT2D eigenvalue weighted by Crippen LogP contribution is -2.66. The van der Waals surface area contributed by atoms with Crippen molar-refractivity contribution < 1.29 is 8.78 Å². The molecule has 0 heterocycles. The third-order valence-corrected chi connectivity index (χ3v) is 23.0. The van der Waals surface area contributed by atoms with Crippen molar-refractivity contribution in [1.82, 2.24) is 0 Å². The van der Waals surface area contributed by atoms with Gasteiger partial charge in [0, 0.05) is 10.4 Å². The van der Waals surface area contributed by atoms with Crippen molar-refractivity contribution in [3.63, 3.8) is 0 Å². The Morgan fingerprint density at radius 1 is 0.393 bits per heavy atom. The van der Waals surface area contributed by atoms with Crippen LogP contribution in [0.2, 0.25) is 49.4 Å². The molecule has 0 atom stereocenters. The van der Waals surface area contributed by atoms with Gasteiger partial charge in [0.25, 0.3) is 0 Å². The van der Waals surface area contributed by atoms with E-state index in [1.165, 1.54) is 0 Å². The van der Waals surface area contributed by atoms with E-state index in [2.05, 4.69) is 176 Å². The molecule has 4 aromatic carbocycles. The molecule has 286 valence electrons. The Kier molecular flexibility index (Phi) is 13.9. The Labute approximate surface area is 341 Å². The highest BCUT2D eigenvalue weighted by atomic mass is 28.3. The zero-order valence-corrected chi connectivity index (χ0v) is 39.3. The fourth-order valence-corrected chi connectivity index (χ4v) is 19.7. The lowest BCUT2D eigenvalue weighted by atomic mass is 10.2. The standard InChI is InChI=1S/C50H56F2Si4/c1-49(2,3)55(41-27-17-13-18-28-41,42-29-19-14-20-30-42)47(37-39-53(7,8)9)45(51)35-25-26-36-46(52)48(38-40-54(10,11)12)56(50(4,5)6,43-31-21-15-22-32-43)44-33-23-16-24-34-44/h13-24,27-34H,1-12H3/b47-45-,48-46-. The summed E-state index contributed by atoms with van der Waals surface area (Å²) in [4.78, 5) is 0. The van der Waals surface area contributed by atoms with E-state index in [0.29, 0.717) is 10.4 Å². The molecule has 6 heteroatoms. The minimum absolute atomic E-state index is 0.404. The van der Waals surface area contributed by atoms with Gasteiger partial charge in [-0.2, -0.15) is 8.78 Å². The Hall–Kier alpha value is -4.67. The van der Waals surface area contributed by atoms with Crippen molar-refractivity contribution in [1.29, 1.82) is 0 Å². The predicted molar refractivity (Wildman–Crippen MR) is 249 cm³/mol. The van der Waals surface area contributed by atoms with Crippen molar-refractivity contribution in [3.05, 3.63) is 143 Å². The van der Waals surface area contributed by atoms with Crippen LogP contribution < -0.4 is 20.7 Å². The minimum Gasteiger partial charge on any atom is -0.196 e. The smallest absolute Gasteiger partial charge is 0.182 e. The van der Waals surface area contributed by atoms with E-state index < -0.39 is 54.0 Å². The summed E-state index contributed by atoms with van der Waals surface area (Å²) in [5, 5.41) is 4.22. The maximum Gasteiger partial charge on any atom is 0.182 e. The first-order chi connectivity index (χ1) is 26.2. The van der Waals surface area contributed by atoms with Gasteiger partial charge in [0.2, 0.25) is 0 Å². The van der Waals surface area contributed by atoms with Gasteiger partial charge in [-0.15, -0.1) is 11.1 Å². The second-order valence-electron chi connectivity index (χ2n) is 18.3. The van der Waals surface area contributed by atoms with Gasteiger partial charge in [0.1, 0.15) is 16.1 Å². The third-order valence-electron chi connectivity index (χ3n) is 9.80. The summed E-state index contributed by atoms with van der Waals surface area (Å²) >= 11 is 0. The monoisotopic (exact) mass is 806 g/mol. The van der Waals surface area contributed by atoms with Crippen LogP contribution in [0.25, 0.3) is 0 Å². The van der Waals surface area contributed by atoms with Crippen LogP contribution in [0.4, 0.5) is 8.78 Å². The van der Waals surface area contributed by atoms with Crippen LogP contribution in [0.15, 0.2) is 143 Å². The first kappa shape index (κ1) is 44.0. The fourth-order valence-electron chi connectivity index (χ4n) is 7.57. The van der Waals surface area contributed by atoms with Gasteiger partial charge in [-0.05, 0) is 54.5 Å². The molecular weight excluding hydrogens is 751 g/mol. The van der Waals surface area contributed by atoms with Crippen molar-refractivity contribution in [2.75, 3.05) is 0 Å². The zero-order valence-electron chi connectivity index (χ0n) is 35.3. The number of hydrogen-bond donors (Lipinski definition) is 0. The number of halogens is 2. The summed E-state index contributed by atoms with van der Waals surface area (Å²) < 4.78 is 34.5. The maximum atomic E-state index is 17.2. The third kappa shape index (κ3) is 9.82. The Morgan fingerprint density at radius 3 is 0.821 bits per heavy atom. The van der Waals surface area contributed by atoms with Crippen molar-refractivity contribution in [2.45, 2.75) is 90.9 Å². The number of hydrogen-bond acceptors (Lipinski definition) is 0. The van der Waals surface area contributed by atoms with Crippen LogP contribution in [0.3, 0.4) is 0 Å². The molecule has 56 heavy (non-hydrogen) atoms. The second kappa shape index (κ2) is 17.6. The van der Waals surface area contributed by atoms with Gasteiger partial charge >= 0.3 is 0 Å². The van der Waals surface area contributed by atoms with E-state index in [0.717, 1.165) is 20.7 Å². The fraction of sp³-hybridized carbons (Fsp3) is 0.280. The molecule has 0 saturated heterocycles. The largest absolute Gasteiger partial charge is 0.196 e. The molecule has 4 rings (SSSR count). The number of benzene rings is 4.